The molecular weight excluding hydrogens is 266 g/mol. The van der Waals surface area contributed by atoms with Crippen molar-refractivity contribution < 1.29 is 22.7 Å². The molecule has 0 amide bonds. The summed E-state index contributed by atoms with van der Waals surface area (Å²) in [6.07, 6.45) is 1.02. The molecule has 108 valence electrons. The Kier molecular flexibility index (Phi) is 5.62. The average Bonchev–Trinajstić information content (AvgIpc) is 2.26. The van der Waals surface area contributed by atoms with Crippen molar-refractivity contribution in [3.63, 3.8) is 0 Å². The molecule has 0 spiro atoms. The lowest BCUT2D eigenvalue weighted by atomic mass is 10.2. The van der Waals surface area contributed by atoms with Gasteiger partial charge in [0.25, 0.3) is 0 Å². The minimum Gasteiger partial charge on any atom is -0.493 e. The maximum Gasteiger partial charge on any atom is 0.306 e. The number of quaternary nitrogens is 1. The topological polar surface area (TPSA) is 69.2 Å². The maximum absolute atomic E-state index is 11.2. The van der Waals surface area contributed by atoms with Crippen molar-refractivity contribution in [2.45, 2.75) is 20.4 Å². The molecule has 5 nitrogen and oxygen atoms in total. The quantitative estimate of drug-likeness (QED) is 0.752. The predicted octanol–water partition coefficient (Wildman–Crippen LogP) is 0.753. The molecule has 0 atom stereocenters. The molecular formula is C13H22NO4S+. The van der Waals surface area contributed by atoms with Gasteiger partial charge in [-0.1, -0.05) is 13.8 Å². The average molecular weight is 288 g/mol. The molecule has 1 aromatic rings. The molecule has 1 rings (SSSR count). The summed E-state index contributed by atoms with van der Waals surface area (Å²) in [5.74, 6) is 1.27. The minimum atomic E-state index is -3.55. The van der Waals surface area contributed by atoms with Gasteiger partial charge in [-0.25, -0.2) is 0 Å². The molecule has 0 aliphatic carbocycles. The Morgan fingerprint density at radius 1 is 1.26 bits per heavy atom. The van der Waals surface area contributed by atoms with Crippen LogP contribution in [0.3, 0.4) is 0 Å². The first-order chi connectivity index (χ1) is 8.81. The van der Waals surface area contributed by atoms with E-state index < -0.39 is 10.1 Å². The fourth-order valence-electron chi connectivity index (χ4n) is 1.66. The molecule has 0 heterocycles. The molecule has 0 radical (unpaired) electrons. The standard InChI is InChI=1S/C13H21NO4S/c1-10(2)8-14-9-11-5-6-12(17-3)13(7-11)18-19(4,15)16/h5-7,10,14H,8-9H2,1-4H3/p+1. The van der Waals surface area contributed by atoms with Gasteiger partial charge >= 0.3 is 10.1 Å². The van der Waals surface area contributed by atoms with Crippen LogP contribution in [0.5, 0.6) is 11.5 Å². The molecule has 0 fully saturated rings. The fourth-order valence-corrected chi connectivity index (χ4v) is 2.12. The lowest BCUT2D eigenvalue weighted by Crippen LogP contribution is -2.83. The molecule has 0 saturated carbocycles. The van der Waals surface area contributed by atoms with Crippen LogP contribution in [0.25, 0.3) is 0 Å². The second-order valence-corrected chi connectivity index (χ2v) is 6.47. The molecule has 2 N–H and O–H groups in total. The van der Waals surface area contributed by atoms with Crippen LogP contribution in [0.4, 0.5) is 0 Å². The summed E-state index contributed by atoms with van der Waals surface area (Å²) in [6.45, 7) is 6.11. The SMILES string of the molecule is COc1ccc(C[NH2+]CC(C)C)cc1OS(C)(=O)=O. The highest BCUT2D eigenvalue weighted by Crippen LogP contribution is 2.28. The Labute approximate surface area is 115 Å². The Morgan fingerprint density at radius 2 is 1.95 bits per heavy atom. The van der Waals surface area contributed by atoms with Crippen LogP contribution in [0.15, 0.2) is 18.2 Å². The highest BCUT2D eigenvalue weighted by Gasteiger charge is 2.12. The highest BCUT2D eigenvalue weighted by atomic mass is 32.2. The van der Waals surface area contributed by atoms with Gasteiger partial charge in [0, 0.05) is 11.5 Å². The molecule has 6 heteroatoms. The van der Waals surface area contributed by atoms with Crippen molar-refractivity contribution in [3.05, 3.63) is 23.8 Å². The summed E-state index contributed by atoms with van der Waals surface area (Å²) in [4.78, 5) is 0. The van der Waals surface area contributed by atoms with Crippen molar-refractivity contribution in [2.75, 3.05) is 19.9 Å². The number of hydrogen-bond acceptors (Lipinski definition) is 4. The normalized spacial score (nSPS) is 11.6. The van der Waals surface area contributed by atoms with Gasteiger partial charge in [0.1, 0.15) is 6.54 Å². The zero-order valence-corrected chi connectivity index (χ0v) is 12.7. The largest absolute Gasteiger partial charge is 0.493 e. The lowest BCUT2D eigenvalue weighted by molar-refractivity contribution is -0.675. The van der Waals surface area contributed by atoms with Gasteiger partial charge < -0.3 is 14.2 Å². The van der Waals surface area contributed by atoms with Crippen LogP contribution in [-0.2, 0) is 16.7 Å². The van der Waals surface area contributed by atoms with Gasteiger partial charge in [-0.3, -0.25) is 0 Å². The third-order valence-electron chi connectivity index (χ3n) is 2.49. The summed E-state index contributed by atoms with van der Waals surface area (Å²) < 4.78 is 32.4. The van der Waals surface area contributed by atoms with E-state index in [-0.39, 0.29) is 5.75 Å². The van der Waals surface area contributed by atoms with E-state index in [1.165, 1.54) is 7.11 Å². The van der Waals surface area contributed by atoms with Crippen molar-refractivity contribution >= 4 is 10.1 Å². The van der Waals surface area contributed by atoms with E-state index >= 15 is 0 Å². The summed E-state index contributed by atoms with van der Waals surface area (Å²) in [6, 6.07) is 5.33. The van der Waals surface area contributed by atoms with Gasteiger partial charge in [0.2, 0.25) is 0 Å². The predicted molar refractivity (Wildman–Crippen MR) is 73.8 cm³/mol. The van der Waals surface area contributed by atoms with Crippen LogP contribution in [-0.4, -0.2) is 28.3 Å². The number of ether oxygens (including phenoxy) is 1. The third kappa shape index (κ3) is 5.94. The first-order valence-corrected chi connectivity index (χ1v) is 8.01. The fraction of sp³-hybridized carbons (Fsp3) is 0.538. The van der Waals surface area contributed by atoms with E-state index in [1.54, 1.807) is 12.1 Å². The maximum atomic E-state index is 11.2. The molecule has 0 aromatic heterocycles. The highest BCUT2D eigenvalue weighted by molar-refractivity contribution is 7.86. The van der Waals surface area contributed by atoms with Gasteiger partial charge in [0.15, 0.2) is 11.5 Å². The number of methoxy groups -OCH3 is 1. The van der Waals surface area contributed by atoms with Gasteiger partial charge in [-0.2, -0.15) is 8.42 Å². The first kappa shape index (κ1) is 15.8. The van der Waals surface area contributed by atoms with Crippen LogP contribution in [0.1, 0.15) is 19.4 Å². The third-order valence-corrected chi connectivity index (χ3v) is 2.97. The minimum absolute atomic E-state index is 0.237. The summed E-state index contributed by atoms with van der Waals surface area (Å²) >= 11 is 0. The van der Waals surface area contributed by atoms with Crippen LogP contribution in [0, 0.1) is 5.92 Å². The number of rotatable bonds is 7. The second-order valence-electron chi connectivity index (χ2n) is 4.90. The van der Waals surface area contributed by atoms with Crippen molar-refractivity contribution in [1.29, 1.82) is 0 Å². The van der Waals surface area contributed by atoms with E-state index in [0.717, 1.165) is 24.9 Å². The first-order valence-electron chi connectivity index (χ1n) is 6.20. The van der Waals surface area contributed by atoms with E-state index in [4.69, 9.17) is 8.92 Å². The number of benzene rings is 1. The Balaban J connectivity index is 2.83. The second kappa shape index (κ2) is 6.77. The molecule has 0 aliphatic heterocycles. The summed E-state index contributed by atoms with van der Waals surface area (Å²) in [5, 5.41) is 2.18. The van der Waals surface area contributed by atoms with Gasteiger partial charge in [-0.05, 0) is 18.2 Å². The van der Waals surface area contributed by atoms with Crippen molar-refractivity contribution in [2.24, 2.45) is 5.92 Å². The van der Waals surface area contributed by atoms with Crippen LogP contribution in [0.2, 0.25) is 0 Å². The zero-order valence-electron chi connectivity index (χ0n) is 11.8. The molecule has 0 aliphatic rings. The molecule has 0 unspecified atom stereocenters. The Morgan fingerprint density at radius 3 is 2.47 bits per heavy atom. The summed E-state index contributed by atoms with van der Waals surface area (Å²) in [7, 11) is -2.07. The van der Waals surface area contributed by atoms with E-state index in [2.05, 4.69) is 19.2 Å². The smallest absolute Gasteiger partial charge is 0.306 e. The zero-order chi connectivity index (χ0) is 14.5. The Hall–Kier alpha value is -1.27. The molecule has 0 bridgehead atoms. The number of nitrogens with two attached hydrogens (primary N) is 1. The van der Waals surface area contributed by atoms with Crippen LogP contribution >= 0.6 is 0 Å². The summed E-state index contributed by atoms with van der Waals surface area (Å²) in [5.41, 5.74) is 1.00. The van der Waals surface area contributed by atoms with Crippen molar-refractivity contribution in [3.8, 4) is 11.5 Å². The number of hydrogen-bond donors (Lipinski definition) is 1. The lowest BCUT2D eigenvalue weighted by Gasteiger charge is -2.10. The van der Waals surface area contributed by atoms with Crippen LogP contribution < -0.4 is 14.2 Å². The Bertz CT molecular complexity index is 511. The molecule has 1 aromatic carbocycles. The van der Waals surface area contributed by atoms with Crippen molar-refractivity contribution in [1.82, 2.24) is 0 Å². The molecule has 19 heavy (non-hydrogen) atoms. The van der Waals surface area contributed by atoms with E-state index in [9.17, 15) is 8.42 Å². The van der Waals surface area contributed by atoms with Gasteiger partial charge in [-0.15, -0.1) is 0 Å². The van der Waals surface area contributed by atoms with Gasteiger partial charge in [0.05, 0.1) is 19.9 Å². The van der Waals surface area contributed by atoms with E-state index in [0.29, 0.717) is 11.7 Å². The monoisotopic (exact) mass is 288 g/mol. The molecule has 0 saturated heterocycles. The van der Waals surface area contributed by atoms with E-state index in [1.807, 2.05) is 6.07 Å².